The fraction of sp³-hybridized carbons (Fsp3) is 0. The van der Waals surface area contributed by atoms with Crippen LogP contribution in [0.4, 0.5) is 0 Å². The SMILES string of the molecule is [2H]c1c([2H])c([2H])c2c(c1[2H])c1c([2H])c([2H])c([2H])c([2H])c1n2-c1nc(-c2c(-n3c4c([2H])c([2H])c([2H])c([2H])c4c4c([2H])c(C#N)c([2H])c([2H])c43)cccc2-n2c3ccccc3c3ccc4oc5ccccc5c4c32)nc(-n2c3ccccc3c3ccccc32)n1. The molecule has 9 nitrogen and oxygen atoms in total. The molecule has 0 aliphatic heterocycles. The molecule has 6 heterocycles. The second-order valence-electron chi connectivity index (χ2n) is 17.5. The van der Waals surface area contributed by atoms with Crippen molar-refractivity contribution in [3.05, 3.63) is 224 Å². The largest absolute Gasteiger partial charge is 0.456 e. The first-order valence-electron chi connectivity index (χ1n) is 30.6. The van der Waals surface area contributed by atoms with Crippen molar-refractivity contribution >= 4 is 109 Å². The summed E-state index contributed by atoms with van der Waals surface area (Å²) in [5.74, 6) is -0.729. The molecule has 338 valence electrons. The monoisotopic (exact) mass is 947 g/mol. The van der Waals surface area contributed by atoms with Crippen LogP contribution in [-0.4, -0.2) is 33.2 Å². The van der Waals surface area contributed by atoms with Gasteiger partial charge in [0.2, 0.25) is 11.9 Å². The molecule has 16 rings (SSSR count). The zero-order valence-electron chi connectivity index (χ0n) is 52.6. The van der Waals surface area contributed by atoms with Crippen molar-refractivity contribution in [3.8, 4) is 40.7 Å². The lowest BCUT2D eigenvalue weighted by Crippen LogP contribution is -2.12. The molecule has 10 aromatic carbocycles. The Labute approximate surface area is 435 Å². The maximum atomic E-state index is 10.5. The Balaban J connectivity index is 1.19. The molecule has 0 saturated carbocycles. The van der Waals surface area contributed by atoms with Gasteiger partial charge in [-0.2, -0.15) is 20.2 Å². The van der Waals surface area contributed by atoms with Crippen molar-refractivity contribution in [2.24, 2.45) is 0 Å². The standard InChI is InChI=1S/C64H36N8O/c65-37-38-32-34-54-47(36-38)44-21-6-8-23-48(44)69(54)55-29-15-30-56(70-49-24-9-5-20-43(49)45-33-35-58-59(61(45)70)46-22-7-14-31-57(46)73-58)60(55)62-66-63(71-50-25-10-1-16-39(50)40-17-2-11-26-51(40)71)68-64(67-62)72-52-27-12-3-18-41(52)42-19-4-13-28-53(42)72/h1-36H/i1D,2D,6D,8D,10D,11D,16D,17D,21D,23D,25D,26D,32D,34D,36D. The van der Waals surface area contributed by atoms with Crippen molar-refractivity contribution in [1.82, 2.24) is 33.2 Å². The highest BCUT2D eigenvalue weighted by Gasteiger charge is 2.28. The minimum atomic E-state index is -0.685. The number of fused-ring (bicyclic) bond motifs is 16. The molecular weight excluding hydrogens is 897 g/mol. The zero-order valence-corrected chi connectivity index (χ0v) is 37.6. The fourth-order valence-electron chi connectivity index (χ4n) is 10.9. The molecule has 0 saturated heterocycles. The summed E-state index contributed by atoms with van der Waals surface area (Å²) in [5, 5.41) is 14.2. The van der Waals surface area contributed by atoms with Crippen molar-refractivity contribution in [3.63, 3.8) is 0 Å². The van der Waals surface area contributed by atoms with Crippen molar-refractivity contribution in [1.29, 1.82) is 5.26 Å². The summed E-state index contributed by atoms with van der Waals surface area (Å²) in [6, 6.07) is 31.6. The van der Waals surface area contributed by atoms with E-state index < -0.39 is 102 Å². The van der Waals surface area contributed by atoms with Gasteiger partial charge in [-0.25, -0.2) is 0 Å². The number of hydrogen-bond acceptors (Lipinski definition) is 5. The van der Waals surface area contributed by atoms with Crippen molar-refractivity contribution < 1.29 is 25.0 Å². The highest BCUT2D eigenvalue weighted by molar-refractivity contribution is 6.25. The Hall–Kier alpha value is -10.3. The van der Waals surface area contributed by atoms with Crippen LogP contribution < -0.4 is 0 Å². The summed E-state index contributed by atoms with van der Waals surface area (Å²) in [6.45, 7) is 0. The molecule has 0 unspecified atom stereocenters. The Morgan fingerprint density at radius 2 is 0.904 bits per heavy atom. The number of hydrogen-bond donors (Lipinski definition) is 0. The molecule has 0 fully saturated rings. The van der Waals surface area contributed by atoms with E-state index in [1.54, 1.807) is 22.8 Å². The van der Waals surface area contributed by atoms with Gasteiger partial charge in [-0.3, -0.25) is 9.13 Å². The molecule has 6 aromatic heterocycles. The van der Waals surface area contributed by atoms with Crippen LogP contribution in [0.5, 0.6) is 0 Å². The Kier molecular flexibility index (Phi) is 5.65. The highest BCUT2D eigenvalue weighted by Crippen LogP contribution is 2.45. The van der Waals surface area contributed by atoms with Crippen molar-refractivity contribution in [2.75, 3.05) is 0 Å². The molecule has 0 atom stereocenters. The second-order valence-corrected chi connectivity index (χ2v) is 17.5. The average Bonchev–Trinajstić information content (AvgIpc) is 1.57. The summed E-state index contributed by atoms with van der Waals surface area (Å²) in [6.07, 6.45) is 0. The Bertz CT molecular complexity index is 5860. The van der Waals surface area contributed by atoms with Crippen LogP contribution >= 0.6 is 0 Å². The zero-order chi connectivity index (χ0) is 60.9. The van der Waals surface area contributed by atoms with E-state index in [2.05, 4.69) is 0 Å². The third-order valence-corrected chi connectivity index (χ3v) is 13.8. The molecule has 0 spiro atoms. The van der Waals surface area contributed by atoms with Gasteiger partial charge in [0, 0.05) is 48.5 Å². The number of nitriles is 1. The summed E-state index contributed by atoms with van der Waals surface area (Å²) in [4.78, 5) is 16.0. The molecule has 0 bridgehead atoms. The smallest absolute Gasteiger partial charge is 0.240 e. The van der Waals surface area contributed by atoms with Gasteiger partial charge < -0.3 is 13.6 Å². The molecule has 0 aliphatic rings. The van der Waals surface area contributed by atoms with Gasteiger partial charge in [0.05, 0.1) is 98.7 Å². The lowest BCUT2D eigenvalue weighted by molar-refractivity contribution is 0.669. The van der Waals surface area contributed by atoms with Crippen LogP contribution in [0.3, 0.4) is 0 Å². The third-order valence-electron chi connectivity index (χ3n) is 13.8. The van der Waals surface area contributed by atoms with E-state index >= 15 is 0 Å². The van der Waals surface area contributed by atoms with Crippen LogP contribution in [0.1, 0.15) is 26.1 Å². The van der Waals surface area contributed by atoms with E-state index in [9.17, 15) is 17.6 Å². The van der Waals surface area contributed by atoms with Gasteiger partial charge in [-0.15, -0.1) is 0 Å². The molecule has 16 aromatic rings. The molecule has 9 heteroatoms. The predicted molar refractivity (Wildman–Crippen MR) is 295 cm³/mol. The molecule has 73 heavy (non-hydrogen) atoms. The normalized spacial score (nSPS) is 15.0. The van der Waals surface area contributed by atoms with E-state index in [0.717, 1.165) is 26.9 Å². The van der Waals surface area contributed by atoms with E-state index in [4.69, 9.17) is 27.6 Å². The number of rotatable bonds is 5. The lowest BCUT2D eigenvalue weighted by Gasteiger charge is -2.20. The topological polar surface area (TPSA) is 95.3 Å². The number of aromatic nitrogens is 7. The maximum Gasteiger partial charge on any atom is 0.240 e. The highest BCUT2D eigenvalue weighted by atomic mass is 16.3. The minimum absolute atomic E-state index is 0.0195. The first-order valence-corrected chi connectivity index (χ1v) is 23.1. The molecular formula is C64H36N8O. The molecule has 0 radical (unpaired) electrons. The maximum absolute atomic E-state index is 10.5. The Morgan fingerprint density at radius 3 is 1.55 bits per heavy atom. The van der Waals surface area contributed by atoms with Gasteiger partial charge in [0.25, 0.3) is 0 Å². The van der Waals surface area contributed by atoms with Crippen LogP contribution in [0.15, 0.2) is 222 Å². The molecule has 0 amide bonds. The van der Waals surface area contributed by atoms with Gasteiger partial charge >= 0.3 is 0 Å². The quantitative estimate of drug-likeness (QED) is 0.171. The summed E-state index contributed by atoms with van der Waals surface area (Å²) in [7, 11) is 0. The minimum Gasteiger partial charge on any atom is -0.456 e. The number of furan rings is 1. The lowest BCUT2D eigenvalue weighted by atomic mass is 10.1. The second kappa shape index (κ2) is 14.9. The number of para-hydroxylation sites is 7. The van der Waals surface area contributed by atoms with E-state index in [-0.39, 0.29) is 66.6 Å². The predicted octanol–water partition coefficient (Wildman–Crippen LogP) is 15.7. The van der Waals surface area contributed by atoms with E-state index in [1.165, 1.54) is 9.13 Å². The van der Waals surface area contributed by atoms with Crippen LogP contribution in [-0.2, 0) is 0 Å². The average molecular weight is 948 g/mol. The van der Waals surface area contributed by atoms with Crippen LogP contribution in [0, 0.1) is 11.3 Å². The fourth-order valence-corrected chi connectivity index (χ4v) is 10.9. The molecule has 0 aliphatic carbocycles. The first kappa shape index (κ1) is 27.8. The van der Waals surface area contributed by atoms with Gasteiger partial charge in [0.1, 0.15) is 11.2 Å². The number of nitrogens with zero attached hydrogens (tertiary/aromatic N) is 8. The van der Waals surface area contributed by atoms with Gasteiger partial charge in [0.15, 0.2) is 5.82 Å². The van der Waals surface area contributed by atoms with Crippen LogP contribution in [0.2, 0.25) is 0 Å². The van der Waals surface area contributed by atoms with Crippen LogP contribution in [0.25, 0.3) is 144 Å². The Morgan fingerprint density at radius 1 is 0.397 bits per heavy atom. The van der Waals surface area contributed by atoms with Gasteiger partial charge in [-0.1, -0.05) is 133 Å². The van der Waals surface area contributed by atoms with E-state index in [0.29, 0.717) is 44.3 Å². The number of benzene rings is 10. The summed E-state index contributed by atoms with van der Waals surface area (Å²) in [5.41, 5.74) is 2.42. The molecule has 0 N–H and O–H groups in total. The first-order chi connectivity index (χ1) is 42.4. The third kappa shape index (κ3) is 5.46. The summed E-state index contributed by atoms with van der Waals surface area (Å²) >= 11 is 0. The summed E-state index contributed by atoms with van der Waals surface area (Å²) < 4.78 is 153. The van der Waals surface area contributed by atoms with E-state index in [1.807, 2.05) is 120 Å². The van der Waals surface area contributed by atoms with Gasteiger partial charge in [-0.05, 0) is 84.8 Å². The van der Waals surface area contributed by atoms with Crippen molar-refractivity contribution in [2.45, 2.75) is 0 Å².